The second kappa shape index (κ2) is 11.4. The predicted octanol–water partition coefficient (Wildman–Crippen LogP) is 5.45. The number of aromatic nitrogens is 3. The van der Waals surface area contributed by atoms with Crippen LogP contribution in [0, 0.1) is 11.3 Å². The second-order valence-corrected chi connectivity index (χ2v) is 8.99. The van der Waals surface area contributed by atoms with Crippen LogP contribution in [0.3, 0.4) is 0 Å². The monoisotopic (exact) mass is 506 g/mol. The lowest BCUT2D eigenvalue weighted by molar-refractivity contribution is 0.889. The van der Waals surface area contributed by atoms with Gasteiger partial charge in [0, 0.05) is 16.3 Å². The quantitative estimate of drug-likeness (QED) is 0.310. The Labute approximate surface area is 219 Å². The van der Waals surface area contributed by atoms with E-state index in [2.05, 4.69) is 53.5 Å². The molecule has 5 aromatic rings. The number of benzene rings is 3. The van der Waals surface area contributed by atoms with Crippen molar-refractivity contribution < 1.29 is 0 Å². The fourth-order valence-corrected chi connectivity index (χ4v) is 4.52. The molecule has 0 fully saturated rings. The molecule has 0 aliphatic rings. The molecule has 0 bridgehead atoms. The normalized spacial score (nSPS) is 10.4. The Morgan fingerprint density at radius 3 is 2.43 bits per heavy atom. The first-order valence-electron chi connectivity index (χ1n) is 11.6. The summed E-state index contributed by atoms with van der Waals surface area (Å²) in [4.78, 5) is 21.9. The average molecular weight is 507 g/mol. The molecule has 5 rings (SSSR count). The van der Waals surface area contributed by atoms with E-state index < -0.39 is 0 Å². The maximum absolute atomic E-state index is 13.6. The third kappa shape index (κ3) is 5.47. The lowest BCUT2D eigenvalue weighted by Gasteiger charge is -2.15. The summed E-state index contributed by atoms with van der Waals surface area (Å²) in [7, 11) is 0. The first-order chi connectivity index (χ1) is 18.0. The van der Waals surface area contributed by atoms with Gasteiger partial charge in [0.15, 0.2) is 0 Å². The number of nitrogen functional groups attached to an aromatic ring is 2. The number of para-hydroxylation sites is 1. The molecule has 0 amide bonds. The molecule has 4 N–H and O–H groups in total. The summed E-state index contributed by atoms with van der Waals surface area (Å²) in [5, 5.41) is 10.1. The molecule has 7 nitrogen and oxygen atoms in total. The van der Waals surface area contributed by atoms with Gasteiger partial charge in [0.1, 0.15) is 17.5 Å². The highest BCUT2D eigenvalue weighted by atomic mass is 32.2. The zero-order valence-electron chi connectivity index (χ0n) is 20.6. The number of nitriles is 1. The number of aryl methyl sites for hydroxylation is 1. The fourth-order valence-electron chi connectivity index (χ4n) is 4.06. The van der Waals surface area contributed by atoms with Crippen LogP contribution in [0.15, 0.2) is 94.7 Å². The number of thioether (sulfide) groups is 1. The van der Waals surface area contributed by atoms with Crippen LogP contribution in [0.2, 0.25) is 0 Å². The number of nitrogens with two attached hydrogens (primary N) is 2. The predicted molar refractivity (Wildman–Crippen MR) is 152 cm³/mol. The van der Waals surface area contributed by atoms with Crippen LogP contribution >= 0.6 is 11.8 Å². The molecule has 0 saturated heterocycles. The summed E-state index contributed by atoms with van der Waals surface area (Å²) in [6, 6.07) is 28.3. The molecule has 0 unspecified atom stereocenters. The maximum Gasteiger partial charge on any atom is 0.263 e. The van der Waals surface area contributed by atoms with Crippen LogP contribution < -0.4 is 17.0 Å². The topological polar surface area (TPSA) is 124 Å². The summed E-state index contributed by atoms with van der Waals surface area (Å²) >= 11 is 1.71. The average Bonchev–Trinajstić information content (AvgIpc) is 2.93. The lowest BCUT2D eigenvalue weighted by atomic mass is 9.98. The van der Waals surface area contributed by atoms with Gasteiger partial charge in [-0.2, -0.15) is 10.2 Å². The number of hydrogen-bond acceptors (Lipinski definition) is 7. The van der Waals surface area contributed by atoms with Crippen molar-refractivity contribution in [2.24, 2.45) is 0 Å². The molecule has 0 aliphatic carbocycles. The zero-order valence-corrected chi connectivity index (χ0v) is 21.4. The molecular formula is C29H26N6OS. The van der Waals surface area contributed by atoms with E-state index in [1.807, 2.05) is 59.2 Å². The number of rotatable bonds is 4. The number of anilines is 2. The molecule has 0 radical (unpaired) electrons. The van der Waals surface area contributed by atoms with Crippen LogP contribution in [0.25, 0.3) is 27.6 Å². The molecule has 0 saturated carbocycles. The smallest absolute Gasteiger partial charge is 0.263 e. The van der Waals surface area contributed by atoms with E-state index in [0.29, 0.717) is 0 Å². The largest absolute Gasteiger partial charge is 0.382 e. The van der Waals surface area contributed by atoms with Crippen LogP contribution in [-0.2, 0) is 6.42 Å². The van der Waals surface area contributed by atoms with Crippen molar-refractivity contribution in [2.45, 2.75) is 18.2 Å². The van der Waals surface area contributed by atoms with Gasteiger partial charge in [-0.25, -0.2) is 4.98 Å². The van der Waals surface area contributed by atoms with E-state index >= 15 is 0 Å². The highest BCUT2D eigenvalue weighted by molar-refractivity contribution is 7.98. The number of pyridine rings is 1. The van der Waals surface area contributed by atoms with Crippen molar-refractivity contribution in [3.05, 3.63) is 107 Å². The third-order valence-electron chi connectivity index (χ3n) is 5.84. The number of nitrogens with zero attached hydrogens (tertiary/aromatic N) is 4. The Bertz CT molecular complexity index is 1660. The van der Waals surface area contributed by atoms with Crippen molar-refractivity contribution in [3.8, 4) is 22.9 Å². The van der Waals surface area contributed by atoms with Gasteiger partial charge in [-0.3, -0.25) is 9.36 Å². The summed E-state index contributed by atoms with van der Waals surface area (Å²) in [5.74, 6) is 0.200. The Morgan fingerprint density at radius 1 is 1.00 bits per heavy atom. The van der Waals surface area contributed by atoms with Crippen molar-refractivity contribution in [2.75, 3.05) is 17.7 Å². The Hall–Kier alpha value is -4.61. The fraction of sp³-hybridized carbons (Fsp3) is 0.103. The van der Waals surface area contributed by atoms with Crippen molar-refractivity contribution in [1.82, 2.24) is 14.5 Å². The Morgan fingerprint density at radius 2 is 1.76 bits per heavy atom. The minimum absolute atomic E-state index is 0.0423. The standard InChI is InChI=1S/C24H21NOS.C5H5N5/c1-3-19-15-18-10-8-14-22(17-9-7-13-21(16-17)27-2)23(18)24(26)25(19)20-11-5-4-6-12-20;6-1-3-2-9-5(8)10-4(3)7/h4-16H,3H2,1-2H3;2H,(H4,7,8,9,10). The van der Waals surface area contributed by atoms with E-state index in [4.69, 9.17) is 16.7 Å². The van der Waals surface area contributed by atoms with Gasteiger partial charge in [0.2, 0.25) is 5.95 Å². The van der Waals surface area contributed by atoms with Gasteiger partial charge >= 0.3 is 0 Å². The summed E-state index contributed by atoms with van der Waals surface area (Å²) in [6.45, 7) is 2.09. The zero-order chi connectivity index (χ0) is 26.4. The SMILES string of the molecule is CCc1cc2cccc(-c3cccc(SC)c3)c2c(=O)n1-c1ccccc1.N#Cc1cnc(N)nc1N. The molecule has 8 heteroatoms. The summed E-state index contributed by atoms with van der Waals surface area (Å²) in [5.41, 5.74) is 14.7. The molecule has 2 aromatic heterocycles. The minimum atomic E-state index is 0.0423. The lowest BCUT2D eigenvalue weighted by Crippen LogP contribution is -2.22. The van der Waals surface area contributed by atoms with E-state index in [-0.39, 0.29) is 22.9 Å². The molecule has 0 spiro atoms. The summed E-state index contributed by atoms with van der Waals surface area (Å²) < 4.78 is 1.85. The first kappa shape index (κ1) is 25.5. The molecule has 184 valence electrons. The van der Waals surface area contributed by atoms with E-state index in [1.165, 1.54) is 11.1 Å². The molecular weight excluding hydrogens is 480 g/mol. The van der Waals surface area contributed by atoms with Gasteiger partial charge in [-0.15, -0.1) is 11.8 Å². The van der Waals surface area contributed by atoms with E-state index in [9.17, 15) is 4.79 Å². The van der Waals surface area contributed by atoms with Gasteiger partial charge in [0.05, 0.1) is 11.6 Å². The van der Waals surface area contributed by atoms with Crippen molar-refractivity contribution in [1.29, 1.82) is 5.26 Å². The molecule has 3 aromatic carbocycles. The molecule has 37 heavy (non-hydrogen) atoms. The Balaban J connectivity index is 0.000000270. The van der Waals surface area contributed by atoms with Crippen LogP contribution in [0.1, 0.15) is 18.2 Å². The van der Waals surface area contributed by atoms with Crippen molar-refractivity contribution in [3.63, 3.8) is 0 Å². The minimum Gasteiger partial charge on any atom is -0.382 e. The number of fused-ring (bicyclic) bond motifs is 1. The van der Waals surface area contributed by atoms with Crippen LogP contribution in [0.5, 0.6) is 0 Å². The molecule has 0 aliphatic heterocycles. The Kier molecular flexibility index (Phi) is 7.86. The highest BCUT2D eigenvalue weighted by Gasteiger charge is 2.14. The molecule has 0 atom stereocenters. The van der Waals surface area contributed by atoms with Crippen molar-refractivity contribution >= 4 is 34.3 Å². The maximum atomic E-state index is 13.6. The van der Waals surface area contributed by atoms with Crippen LogP contribution in [0.4, 0.5) is 11.8 Å². The van der Waals surface area contributed by atoms with Gasteiger partial charge in [0.25, 0.3) is 5.56 Å². The first-order valence-corrected chi connectivity index (χ1v) is 12.8. The van der Waals surface area contributed by atoms with Gasteiger partial charge in [-0.1, -0.05) is 55.5 Å². The molecule has 2 heterocycles. The van der Waals surface area contributed by atoms with Gasteiger partial charge in [-0.05, 0) is 59.5 Å². The second-order valence-electron chi connectivity index (χ2n) is 8.11. The third-order valence-corrected chi connectivity index (χ3v) is 6.56. The van der Waals surface area contributed by atoms with E-state index in [1.54, 1.807) is 11.8 Å². The highest BCUT2D eigenvalue weighted by Crippen LogP contribution is 2.30. The summed E-state index contributed by atoms with van der Waals surface area (Å²) in [6.07, 6.45) is 4.15. The number of hydrogen-bond donors (Lipinski definition) is 2. The van der Waals surface area contributed by atoms with E-state index in [0.717, 1.165) is 39.7 Å². The van der Waals surface area contributed by atoms with Gasteiger partial charge < -0.3 is 11.5 Å². The van der Waals surface area contributed by atoms with Crippen LogP contribution in [-0.4, -0.2) is 20.8 Å².